The van der Waals surface area contributed by atoms with Crippen LogP contribution in [0.4, 0.5) is 0 Å². The molecule has 4 heteroatoms. The van der Waals surface area contributed by atoms with Crippen molar-refractivity contribution in [2.24, 2.45) is 0 Å². The van der Waals surface area contributed by atoms with Crippen molar-refractivity contribution >= 4 is 18.3 Å². The lowest BCUT2D eigenvalue weighted by atomic mass is 10.0. The fraction of sp³-hybridized carbons (Fsp3) is 0.278. The van der Waals surface area contributed by atoms with Crippen LogP contribution in [0.3, 0.4) is 0 Å². The lowest BCUT2D eigenvalue weighted by Gasteiger charge is -2.25. The minimum atomic E-state index is 0. The highest BCUT2D eigenvalue weighted by atomic mass is 35.5. The first-order valence-corrected chi connectivity index (χ1v) is 7.31. The van der Waals surface area contributed by atoms with Gasteiger partial charge in [0.25, 0.3) is 5.91 Å². The van der Waals surface area contributed by atoms with Gasteiger partial charge >= 0.3 is 0 Å². The molecule has 0 bridgehead atoms. The summed E-state index contributed by atoms with van der Waals surface area (Å²) in [5.74, 6) is 0.0704. The van der Waals surface area contributed by atoms with Crippen molar-refractivity contribution in [2.45, 2.75) is 26.1 Å². The predicted octanol–water partition coefficient (Wildman–Crippen LogP) is 3.54. The minimum absolute atomic E-state index is 0. The number of hydrogen-bond donors (Lipinski definition) is 1. The number of hydrogen-bond acceptors (Lipinski definition) is 2. The fourth-order valence-corrected chi connectivity index (χ4v) is 2.76. The van der Waals surface area contributed by atoms with Gasteiger partial charge in [0, 0.05) is 25.7 Å². The monoisotopic (exact) mass is 316 g/mol. The first-order chi connectivity index (χ1) is 10.2. The number of benzene rings is 2. The molecular weight excluding hydrogens is 296 g/mol. The number of carbonyl (C=O) groups excluding carboxylic acids is 1. The van der Waals surface area contributed by atoms with Crippen LogP contribution in [-0.4, -0.2) is 17.9 Å². The zero-order chi connectivity index (χ0) is 14.8. The number of nitrogens with zero attached hydrogens (tertiary/aromatic N) is 1. The lowest BCUT2D eigenvalue weighted by Crippen LogP contribution is -2.29. The number of amides is 1. The smallest absolute Gasteiger partial charge is 0.254 e. The van der Waals surface area contributed by atoms with Crippen molar-refractivity contribution in [3.63, 3.8) is 0 Å². The van der Waals surface area contributed by atoms with Crippen LogP contribution in [0.15, 0.2) is 48.5 Å². The molecule has 0 radical (unpaired) electrons. The van der Waals surface area contributed by atoms with Crippen LogP contribution in [0.2, 0.25) is 0 Å². The molecule has 0 saturated heterocycles. The topological polar surface area (TPSA) is 32.3 Å². The fourth-order valence-electron chi connectivity index (χ4n) is 2.76. The van der Waals surface area contributed by atoms with E-state index in [1.165, 1.54) is 11.1 Å². The molecule has 2 aromatic carbocycles. The minimum Gasteiger partial charge on any atom is -0.335 e. The van der Waals surface area contributed by atoms with Crippen LogP contribution >= 0.6 is 12.4 Å². The number of fused-ring (bicyclic) bond motifs is 1. The summed E-state index contributed by atoms with van der Waals surface area (Å²) >= 11 is 0. The summed E-state index contributed by atoms with van der Waals surface area (Å²) in [6.45, 7) is 3.82. The quantitative estimate of drug-likeness (QED) is 0.939. The van der Waals surface area contributed by atoms with E-state index in [-0.39, 0.29) is 24.4 Å². The Morgan fingerprint density at radius 2 is 1.77 bits per heavy atom. The molecule has 3 rings (SSSR count). The molecule has 0 aliphatic carbocycles. The van der Waals surface area contributed by atoms with Gasteiger partial charge in [0.05, 0.1) is 6.04 Å². The van der Waals surface area contributed by atoms with Gasteiger partial charge in [-0.05, 0) is 35.7 Å². The molecule has 3 nitrogen and oxygen atoms in total. The molecule has 1 atom stereocenters. The van der Waals surface area contributed by atoms with E-state index in [4.69, 9.17) is 0 Å². The van der Waals surface area contributed by atoms with Crippen molar-refractivity contribution in [3.05, 3.63) is 70.8 Å². The maximum atomic E-state index is 12.7. The Labute approximate surface area is 137 Å². The average Bonchev–Trinajstić information content (AvgIpc) is 3.01. The van der Waals surface area contributed by atoms with E-state index >= 15 is 0 Å². The van der Waals surface area contributed by atoms with Gasteiger partial charge in [-0.3, -0.25) is 4.79 Å². The molecular formula is C18H21ClN2O. The van der Waals surface area contributed by atoms with Gasteiger partial charge in [-0.25, -0.2) is 0 Å². The Morgan fingerprint density at radius 1 is 1.09 bits per heavy atom. The van der Waals surface area contributed by atoms with E-state index in [9.17, 15) is 4.79 Å². The number of halogens is 1. The van der Waals surface area contributed by atoms with E-state index in [1.807, 2.05) is 37.4 Å². The lowest BCUT2D eigenvalue weighted by molar-refractivity contribution is 0.0742. The molecule has 22 heavy (non-hydrogen) atoms. The number of carbonyl (C=O) groups is 1. The van der Waals surface area contributed by atoms with Gasteiger partial charge in [-0.1, -0.05) is 36.4 Å². The standard InChI is InChI=1S/C18H20N2O.ClH/c1-13(14-6-4-3-5-7-14)20(2)18(21)15-8-9-16-11-19-12-17(16)10-15;/h3-10,13,19H,11-12H2,1-2H3;1H. The Morgan fingerprint density at radius 3 is 2.50 bits per heavy atom. The third kappa shape index (κ3) is 3.16. The maximum Gasteiger partial charge on any atom is 0.254 e. The normalized spacial score (nSPS) is 13.9. The highest BCUT2D eigenvalue weighted by Gasteiger charge is 2.20. The van der Waals surface area contributed by atoms with Gasteiger partial charge in [0.2, 0.25) is 0 Å². The number of nitrogens with one attached hydrogen (secondary N) is 1. The van der Waals surface area contributed by atoms with Crippen LogP contribution in [-0.2, 0) is 13.1 Å². The highest BCUT2D eigenvalue weighted by Crippen LogP contribution is 2.22. The van der Waals surface area contributed by atoms with Crippen molar-refractivity contribution < 1.29 is 4.79 Å². The molecule has 1 aliphatic heterocycles. The van der Waals surface area contributed by atoms with Gasteiger partial charge < -0.3 is 10.2 Å². The third-order valence-electron chi connectivity index (χ3n) is 4.27. The van der Waals surface area contributed by atoms with Gasteiger partial charge in [0.15, 0.2) is 0 Å². The van der Waals surface area contributed by atoms with Crippen molar-refractivity contribution in [1.82, 2.24) is 10.2 Å². The van der Waals surface area contributed by atoms with Crippen LogP contribution < -0.4 is 5.32 Å². The zero-order valence-electron chi connectivity index (χ0n) is 12.9. The first kappa shape index (κ1) is 16.5. The molecule has 116 valence electrons. The molecule has 0 aromatic heterocycles. The molecule has 0 spiro atoms. The van der Waals surface area contributed by atoms with E-state index in [2.05, 4.69) is 30.4 Å². The second-order valence-corrected chi connectivity index (χ2v) is 5.59. The van der Waals surface area contributed by atoms with Gasteiger partial charge in [-0.2, -0.15) is 0 Å². The molecule has 1 heterocycles. The van der Waals surface area contributed by atoms with E-state index < -0.39 is 0 Å². The van der Waals surface area contributed by atoms with Gasteiger partial charge in [-0.15, -0.1) is 12.4 Å². The third-order valence-corrected chi connectivity index (χ3v) is 4.27. The first-order valence-electron chi connectivity index (χ1n) is 7.31. The molecule has 1 N–H and O–H groups in total. The summed E-state index contributed by atoms with van der Waals surface area (Å²) in [5.41, 5.74) is 4.45. The summed E-state index contributed by atoms with van der Waals surface area (Å²) in [5, 5.41) is 3.31. The number of rotatable bonds is 3. The molecule has 0 saturated carbocycles. The summed E-state index contributed by atoms with van der Waals surface area (Å²) in [6, 6.07) is 16.2. The summed E-state index contributed by atoms with van der Waals surface area (Å²) in [4.78, 5) is 14.5. The van der Waals surface area contributed by atoms with Crippen LogP contribution in [0.5, 0.6) is 0 Å². The van der Waals surface area contributed by atoms with Gasteiger partial charge in [0.1, 0.15) is 0 Å². The van der Waals surface area contributed by atoms with E-state index in [0.717, 1.165) is 24.2 Å². The zero-order valence-corrected chi connectivity index (χ0v) is 13.7. The molecule has 1 aliphatic rings. The van der Waals surface area contributed by atoms with Crippen LogP contribution in [0.25, 0.3) is 0 Å². The van der Waals surface area contributed by atoms with Crippen molar-refractivity contribution in [2.75, 3.05) is 7.05 Å². The van der Waals surface area contributed by atoms with Crippen molar-refractivity contribution in [3.8, 4) is 0 Å². The highest BCUT2D eigenvalue weighted by molar-refractivity contribution is 5.94. The van der Waals surface area contributed by atoms with Crippen LogP contribution in [0, 0.1) is 0 Å². The maximum absolute atomic E-state index is 12.7. The summed E-state index contributed by atoms with van der Waals surface area (Å²) in [6.07, 6.45) is 0. The largest absolute Gasteiger partial charge is 0.335 e. The predicted molar refractivity (Wildman–Crippen MR) is 91.2 cm³/mol. The van der Waals surface area contributed by atoms with E-state index in [1.54, 1.807) is 4.90 Å². The Bertz CT molecular complexity index is 657. The van der Waals surface area contributed by atoms with Crippen LogP contribution in [0.1, 0.15) is 40.0 Å². The summed E-state index contributed by atoms with van der Waals surface area (Å²) < 4.78 is 0. The SMILES string of the molecule is CC(c1ccccc1)N(C)C(=O)c1ccc2c(c1)CNC2.Cl. The molecule has 2 aromatic rings. The Kier molecular flexibility index (Phi) is 5.22. The molecule has 0 fully saturated rings. The molecule has 1 amide bonds. The summed E-state index contributed by atoms with van der Waals surface area (Å²) in [7, 11) is 1.87. The molecule has 1 unspecified atom stereocenters. The second kappa shape index (κ2) is 6.95. The second-order valence-electron chi connectivity index (χ2n) is 5.59. The Balaban J connectivity index is 0.00000176. The average molecular weight is 317 g/mol. The van der Waals surface area contributed by atoms with Crippen molar-refractivity contribution in [1.29, 1.82) is 0 Å². The van der Waals surface area contributed by atoms with E-state index in [0.29, 0.717) is 0 Å². The Hall–Kier alpha value is -1.84.